The van der Waals surface area contributed by atoms with Crippen molar-refractivity contribution in [2.75, 3.05) is 6.61 Å². The number of ether oxygens (including phenoxy) is 1. The van der Waals surface area contributed by atoms with Gasteiger partial charge in [0, 0.05) is 12.5 Å². The average molecular weight is 274 g/mol. The summed E-state index contributed by atoms with van der Waals surface area (Å²) >= 11 is 0. The molecule has 2 aromatic heterocycles. The number of hydrogen-bond acceptors (Lipinski definition) is 5. The first-order valence-electron chi connectivity index (χ1n) is 6.89. The van der Waals surface area contributed by atoms with Gasteiger partial charge in [-0.15, -0.1) is 0 Å². The summed E-state index contributed by atoms with van der Waals surface area (Å²) < 4.78 is 10.8. The lowest BCUT2D eigenvalue weighted by Gasteiger charge is -2.23. The van der Waals surface area contributed by atoms with E-state index >= 15 is 0 Å². The topological polar surface area (TPSA) is 65.2 Å². The third-order valence-corrected chi connectivity index (χ3v) is 3.92. The Balaban J connectivity index is 1.61. The van der Waals surface area contributed by atoms with E-state index in [1.807, 2.05) is 0 Å². The molecule has 3 rings (SSSR count). The van der Waals surface area contributed by atoms with Crippen molar-refractivity contribution in [1.82, 2.24) is 9.97 Å². The molecular weight excluding hydrogens is 256 g/mol. The predicted octanol–water partition coefficient (Wildman–Crippen LogP) is 3.00. The lowest BCUT2D eigenvalue weighted by Crippen LogP contribution is -2.23. The molecule has 0 atom stereocenters. The first-order chi connectivity index (χ1) is 9.56. The largest absolute Gasteiger partial charge is 0.467 e. The number of aromatic nitrogens is 2. The minimum atomic E-state index is 0.0307. The molecule has 0 N–H and O–H groups in total. The Hall–Kier alpha value is -1.91. The van der Waals surface area contributed by atoms with Crippen LogP contribution in [0.3, 0.4) is 0 Å². The monoisotopic (exact) mass is 274 g/mol. The average Bonchev–Trinajstić information content (AvgIpc) is 3.15. The molecule has 5 heteroatoms. The van der Waals surface area contributed by atoms with Gasteiger partial charge in [0.25, 0.3) is 5.88 Å². The highest BCUT2D eigenvalue weighted by Gasteiger charge is 2.38. The van der Waals surface area contributed by atoms with E-state index in [0.29, 0.717) is 29.3 Å². The van der Waals surface area contributed by atoms with Crippen LogP contribution in [0, 0.1) is 11.3 Å². The van der Waals surface area contributed by atoms with Crippen LogP contribution in [0.5, 0.6) is 5.88 Å². The summed E-state index contributed by atoms with van der Waals surface area (Å²) in [5.74, 6) is 1.11. The van der Waals surface area contributed by atoms with Gasteiger partial charge in [-0.25, -0.2) is 4.98 Å². The minimum absolute atomic E-state index is 0.0307. The number of nitrogens with zero attached hydrogens (tertiary/aromatic N) is 2. The lowest BCUT2D eigenvalue weighted by atomic mass is 9.82. The number of rotatable bonds is 6. The maximum absolute atomic E-state index is 12.0. The fourth-order valence-electron chi connectivity index (χ4n) is 2.59. The molecule has 1 aliphatic carbocycles. The molecule has 0 saturated heterocycles. The van der Waals surface area contributed by atoms with Crippen LogP contribution in [0.25, 0.3) is 11.1 Å². The van der Waals surface area contributed by atoms with Gasteiger partial charge in [-0.05, 0) is 24.2 Å². The van der Waals surface area contributed by atoms with Gasteiger partial charge in [-0.2, -0.15) is 4.98 Å². The van der Waals surface area contributed by atoms with E-state index in [4.69, 9.17) is 9.15 Å². The summed E-state index contributed by atoms with van der Waals surface area (Å²) in [6, 6.07) is 1.74. The Morgan fingerprint density at radius 1 is 1.45 bits per heavy atom. The molecule has 0 unspecified atom stereocenters. The van der Waals surface area contributed by atoms with Gasteiger partial charge in [-0.3, -0.25) is 4.79 Å². The Bertz CT molecular complexity index is 629. The quantitative estimate of drug-likeness (QED) is 0.810. The van der Waals surface area contributed by atoms with Crippen LogP contribution in [0.2, 0.25) is 0 Å². The maximum atomic E-state index is 12.0. The summed E-state index contributed by atoms with van der Waals surface area (Å²) in [6.07, 6.45) is 5.96. The highest BCUT2D eigenvalue weighted by Crippen LogP contribution is 2.47. The molecule has 20 heavy (non-hydrogen) atoms. The summed E-state index contributed by atoms with van der Waals surface area (Å²) in [4.78, 5) is 20.1. The Morgan fingerprint density at radius 3 is 3.00 bits per heavy atom. The Morgan fingerprint density at radius 2 is 2.25 bits per heavy atom. The number of carbonyl (C=O) groups excluding carboxylic acids is 1. The van der Waals surface area contributed by atoms with E-state index in [0.717, 1.165) is 0 Å². The van der Waals surface area contributed by atoms with Gasteiger partial charge in [0.05, 0.1) is 6.26 Å². The highest BCUT2D eigenvalue weighted by molar-refractivity contribution is 5.81. The minimum Gasteiger partial charge on any atom is -0.467 e. The zero-order valence-corrected chi connectivity index (χ0v) is 11.8. The number of hydrogen-bond donors (Lipinski definition) is 0. The molecule has 1 fully saturated rings. The van der Waals surface area contributed by atoms with Crippen LogP contribution >= 0.6 is 0 Å². The van der Waals surface area contributed by atoms with E-state index < -0.39 is 0 Å². The molecule has 1 saturated carbocycles. The first-order valence-corrected chi connectivity index (χ1v) is 6.89. The van der Waals surface area contributed by atoms with Crippen LogP contribution in [-0.2, 0) is 4.79 Å². The zero-order valence-electron chi connectivity index (χ0n) is 11.8. The maximum Gasteiger partial charge on any atom is 0.261 e. The van der Waals surface area contributed by atoms with E-state index in [1.165, 1.54) is 25.4 Å². The molecule has 0 amide bonds. The van der Waals surface area contributed by atoms with Crippen molar-refractivity contribution in [3.63, 3.8) is 0 Å². The van der Waals surface area contributed by atoms with Crippen molar-refractivity contribution in [1.29, 1.82) is 0 Å². The molecule has 0 radical (unpaired) electrons. The molecule has 2 heterocycles. The van der Waals surface area contributed by atoms with E-state index in [2.05, 4.69) is 23.8 Å². The van der Waals surface area contributed by atoms with Crippen LogP contribution in [0.4, 0.5) is 0 Å². The molecule has 5 nitrogen and oxygen atoms in total. The molecule has 106 valence electrons. The number of carbonyl (C=O) groups is 1. The normalized spacial score (nSPS) is 15.5. The number of fused-ring (bicyclic) bond motifs is 1. The highest BCUT2D eigenvalue weighted by atomic mass is 16.5. The molecule has 0 spiro atoms. The SMILES string of the molecule is CC(C)(CC(=O)COc1ncnc2ccoc12)C1CC1. The van der Waals surface area contributed by atoms with E-state index in [1.54, 1.807) is 6.07 Å². The van der Waals surface area contributed by atoms with Gasteiger partial charge in [0.2, 0.25) is 5.58 Å². The van der Waals surface area contributed by atoms with Crippen LogP contribution in [-0.4, -0.2) is 22.4 Å². The summed E-state index contributed by atoms with van der Waals surface area (Å²) in [6.45, 7) is 4.33. The van der Waals surface area contributed by atoms with E-state index in [9.17, 15) is 4.79 Å². The first kappa shape index (κ1) is 13.1. The number of ketones is 1. The fraction of sp³-hybridized carbons (Fsp3) is 0.533. The van der Waals surface area contributed by atoms with Crippen molar-refractivity contribution in [2.24, 2.45) is 11.3 Å². The van der Waals surface area contributed by atoms with Crippen molar-refractivity contribution in [3.8, 4) is 5.88 Å². The van der Waals surface area contributed by atoms with Gasteiger partial charge in [0.1, 0.15) is 18.5 Å². The second-order valence-electron chi connectivity index (χ2n) is 6.08. The van der Waals surface area contributed by atoms with Crippen molar-refractivity contribution >= 4 is 16.9 Å². The Kier molecular flexibility index (Phi) is 3.20. The molecule has 0 aromatic carbocycles. The smallest absolute Gasteiger partial charge is 0.261 e. The summed E-state index contributed by atoms with van der Waals surface area (Å²) in [7, 11) is 0. The number of furan rings is 1. The van der Waals surface area contributed by atoms with Gasteiger partial charge in [0.15, 0.2) is 5.78 Å². The van der Waals surface area contributed by atoms with Crippen LogP contribution < -0.4 is 4.74 Å². The third-order valence-electron chi connectivity index (χ3n) is 3.92. The van der Waals surface area contributed by atoms with Gasteiger partial charge >= 0.3 is 0 Å². The molecule has 0 bridgehead atoms. The van der Waals surface area contributed by atoms with Gasteiger partial charge in [-0.1, -0.05) is 13.8 Å². The second kappa shape index (κ2) is 4.89. The summed E-state index contributed by atoms with van der Waals surface area (Å²) in [5, 5.41) is 0. The van der Waals surface area contributed by atoms with Crippen molar-refractivity contribution in [3.05, 3.63) is 18.7 Å². The number of Topliss-reactive ketones (excluding diaryl/α,β-unsaturated/α-hetero) is 1. The molecular formula is C15H18N2O3. The van der Waals surface area contributed by atoms with Crippen LogP contribution in [0.15, 0.2) is 23.1 Å². The second-order valence-corrected chi connectivity index (χ2v) is 6.08. The standard InChI is InChI=1S/C15H18N2O3/c1-15(2,10-3-4-10)7-11(18)8-20-14-13-12(5-6-19-13)16-9-17-14/h5-6,9-10H,3-4,7-8H2,1-2H3. The van der Waals surface area contributed by atoms with Crippen molar-refractivity contribution in [2.45, 2.75) is 33.1 Å². The third kappa shape index (κ3) is 2.66. The summed E-state index contributed by atoms with van der Waals surface area (Å²) in [5.41, 5.74) is 1.24. The van der Waals surface area contributed by atoms with Gasteiger partial charge < -0.3 is 9.15 Å². The molecule has 2 aromatic rings. The van der Waals surface area contributed by atoms with Crippen LogP contribution in [0.1, 0.15) is 33.1 Å². The Labute approximate surface area is 117 Å². The molecule has 0 aliphatic heterocycles. The predicted molar refractivity (Wildman–Crippen MR) is 73.4 cm³/mol. The van der Waals surface area contributed by atoms with E-state index in [-0.39, 0.29) is 17.8 Å². The zero-order chi connectivity index (χ0) is 14.2. The fourth-order valence-corrected chi connectivity index (χ4v) is 2.59. The molecule has 1 aliphatic rings. The van der Waals surface area contributed by atoms with Crippen molar-refractivity contribution < 1.29 is 13.9 Å². The lowest BCUT2D eigenvalue weighted by molar-refractivity contribution is -0.123.